The SMILES string of the molecule is O=C(O)CON1C(=O)N2C[C@H]1CC[C@@H]2C(=O)O. The van der Waals surface area contributed by atoms with Gasteiger partial charge in [-0.05, 0) is 12.8 Å². The van der Waals surface area contributed by atoms with Crippen molar-refractivity contribution in [1.82, 2.24) is 9.96 Å². The van der Waals surface area contributed by atoms with Gasteiger partial charge in [0.05, 0.1) is 6.04 Å². The lowest BCUT2D eigenvalue weighted by Gasteiger charge is -2.26. The molecule has 0 spiro atoms. The molecule has 0 aromatic rings. The van der Waals surface area contributed by atoms with E-state index in [2.05, 4.69) is 0 Å². The largest absolute Gasteiger partial charge is 0.480 e. The van der Waals surface area contributed by atoms with Gasteiger partial charge >= 0.3 is 18.0 Å². The number of piperidine rings is 1. The molecule has 0 aromatic heterocycles. The normalized spacial score (nSPS) is 27.4. The molecule has 8 heteroatoms. The zero-order valence-electron chi connectivity index (χ0n) is 8.90. The number of aliphatic carboxylic acids is 2. The quantitative estimate of drug-likeness (QED) is 0.680. The van der Waals surface area contributed by atoms with Gasteiger partial charge in [0.25, 0.3) is 0 Å². The number of carboxylic acids is 2. The van der Waals surface area contributed by atoms with Gasteiger partial charge in [-0.3, -0.25) is 4.84 Å². The van der Waals surface area contributed by atoms with Gasteiger partial charge in [0.2, 0.25) is 0 Å². The monoisotopic (exact) mass is 244 g/mol. The third kappa shape index (κ3) is 2.03. The van der Waals surface area contributed by atoms with Crippen molar-refractivity contribution in [3.05, 3.63) is 0 Å². The molecule has 0 radical (unpaired) electrons. The van der Waals surface area contributed by atoms with Crippen molar-refractivity contribution < 1.29 is 29.4 Å². The van der Waals surface area contributed by atoms with Crippen LogP contribution in [0.5, 0.6) is 0 Å². The van der Waals surface area contributed by atoms with Gasteiger partial charge in [-0.15, -0.1) is 0 Å². The van der Waals surface area contributed by atoms with E-state index in [9.17, 15) is 14.4 Å². The number of fused-ring (bicyclic) bond motifs is 2. The molecule has 2 atom stereocenters. The Balaban J connectivity index is 2.06. The molecule has 2 amide bonds. The predicted molar refractivity (Wildman–Crippen MR) is 52.0 cm³/mol. The second-order valence-electron chi connectivity index (χ2n) is 4.01. The summed E-state index contributed by atoms with van der Waals surface area (Å²) in [5, 5.41) is 18.4. The second-order valence-corrected chi connectivity index (χ2v) is 4.01. The molecule has 2 aliphatic heterocycles. The van der Waals surface area contributed by atoms with Gasteiger partial charge in [0, 0.05) is 6.54 Å². The van der Waals surface area contributed by atoms with Crippen molar-refractivity contribution in [2.24, 2.45) is 0 Å². The van der Waals surface area contributed by atoms with Gasteiger partial charge < -0.3 is 15.1 Å². The summed E-state index contributed by atoms with van der Waals surface area (Å²) in [5.74, 6) is -2.22. The number of carboxylic acid groups (broad SMARTS) is 2. The maximum Gasteiger partial charge on any atom is 0.345 e. The molecule has 94 valence electrons. The minimum absolute atomic E-state index is 0.252. The third-order valence-corrected chi connectivity index (χ3v) is 2.94. The Morgan fingerprint density at radius 2 is 2.06 bits per heavy atom. The van der Waals surface area contributed by atoms with Gasteiger partial charge in [-0.2, -0.15) is 5.06 Å². The van der Waals surface area contributed by atoms with E-state index >= 15 is 0 Å². The average molecular weight is 244 g/mol. The number of rotatable bonds is 4. The van der Waals surface area contributed by atoms with Gasteiger partial charge in [0.1, 0.15) is 6.04 Å². The molecule has 2 bridgehead atoms. The highest BCUT2D eigenvalue weighted by Gasteiger charge is 2.48. The highest BCUT2D eigenvalue weighted by molar-refractivity contribution is 5.84. The number of hydrogen-bond acceptors (Lipinski definition) is 4. The van der Waals surface area contributed by atoms with Crippen LogP contribution in [-0.2, 0) is 14.4 Å². The fraction of sp³-hybridized carbons (Fsp3) is 0.667. The number of hydrogen-bond donors (Lipinski definition) is 2. The van der Waals surface area contributed by atoms with E-state index in [0.29, 0.717) is 12.8 Å². The Morgan fingerprint density at radius 1 is 1.35 bits per heavy atom. The maximum absolute atomic E-state index is 11.8. The summed E-state index contributed by atoms with van der Waals surface area (Å²) in [6, 6.07) is -1.66. The standard InChI is InChI=1S/C9H12N2O6/c12-7(13)4-17-11-5-1-2-6(8(14)15)10(3-5)9(11)16/h5-6H,1-4H2,(H,12,13)(H,14,15)/t5-,6-/m1/s1. The fourth-order valence-electron chi connectivity index (χ4n) is 2.18. The molecule has 0 saturated carbocycles. The lowest BCUT2D eigenvalue weighted by molar-refractivity contribution is -0.167. The summed E-state index contributed by atoms with van der Waals surface area (Å²) in [5.41, 5.74) is 0. The predicted octanol–water partition coefficient (Wildman–Crippen LogP) is -0.644. The molecule has 2 rings (SSSR count). The molecule has 8 nitrogen and oxygen atoms in total. The van der Waals surface area contributed by atoms with Crippen LogP contribution in [0.1, 0.15) is 12.8 Å². The van der Waals surface area contributed by atoms with Crippen LogP contribution in [-0.4, -0.2) is 63.4 Å². The fourth-order valence-corrected chi connectivity index (χ4v) is 2.18. The summed E-state index contributed by atoms with van der Waals surface area (Å²) in [6.45, 7) is -0.330. The van der Waals surface area contributed by atoms with Gasteiger partial charge in [0.15, 0.2) is 6.61 Å². The van der Waals surface area contributed by atoms with E-state index in [1.807, 2.05) is 0 Å². The summed E-state index contributed by atoms with van der Waals surface area (Å²) >= 11 is 0. The van der Waals surface area contributed by atoms with E-state index in [4.69, 9.17) is 15.1 Å². The number of urea groups is 1. The van der Waals surface area contributed by atoms with Crippen LogP contribution in [0.25, 0.3) is 0 Å². The number of amides is 2. The number of hydroxylamine groups is 2. The first-order valence-corrected chi connectivity index (χ1v) is 5.18. The Bertz CT molecular complexity index is 370. The molecular weight excluding hydrogens is 232 g/mol. The van der Waals surface area contributed by atoms with Crippen LogP contribution in [0.2, 0.25) is 0 Å². The van der Waals surface area contributed by atoms with Gasteiger partial charge in [-0.1, -0.05) is 0 Å². The van der Waals surface area contributed by atoms with E-state index in [-0.39, 0.29) is 12.6 Å². The van der Waals surface area contributed by atoms with Crippen molar-refractivity contribution in [3.8, 4) is 0 Å². The molecule has 2 N–H and O–H groups in total. The summed E-state index contributed by atoms with van der Waals surface area (Å²) in [7, 11) is 0. The first-order valence-electron chi connectivity index (χ1n) is 5.18. The number of carbonyl (C=O) groups is 3. The van der Waals surface area contributed by atoms with Crippen LogP contribution in [0.3, 0.4) is 0 Å². The molecule has 2 heterocycles. The van der Waals surface area contributed by atoms with Crippen molar-refractivity contribution >= 4 is 18.0 Å². The van der Waals surface area contributed by atoms with E-state index in [1.165, 1.54) is 4.90 Å². The van der Waals surface area contributed by atoms with Crippen LogP contribution < -0.4 is 0 Å². The minimum Gasteiger partial charge on any atom is -0.480 e. The van der Waals surface area contributed by atoms with Crippen LogP contribution >= 0.6 is 0 Å². The molecule has 0 unspecified atom stereocenters. The summed E-state index contributed by atoms with van der Waals surface area (Å²) < 4.78 is 0. The molecule has 0 aromatic carbocycles. The minimum atomic E-state index is -1.18. The number of carbonyl (C=O) groups excluding carboxylic acids is 1. The van der Waals surface area contributed by atoms with Crippen LogP contribution in [0, 0.1) is 0 Å². The summed E-state index contributed by atoms with van der Waals surface area (Å²) in [6.07, 6.45) is 0.859. The van der Waals surface area contributed by atoms with Crippen LogP contribution in [0.15, 0.2) is 0 Å². The van der Waals surface area contributed by atoms with Crippen molar-refractivity contribution in [1.29, 1.82) is 0 Å². The van der Waals surface area contributed by atoms with E-state index in [0.717, 1.165) is 5.06 Å². The first-order chi connectivity index (χ1) is 8.00. The van der Waals surface area contributed by atoms with Crippen LogP contribution in [0.4, 0.5) is 4.79 Å². The lowest BCUT2D eigenvalue weighted by Crippen LogP contribution is -2.44. The topological polar surface area (TPSA) is 107 Å². The highest BCUT2D eigenvalue weighted by Crippen LogP contribution is 2.29. The van der Waals surface area contributed by atoms with E-state index in [1.54, 1.807) is 0 Å². The van der Waals surface area contributed by atoms with E-state index < -0.39 is 30.6 Å². The smallest absolute Gasteiger partial charge is 0.345 e. The lowest BCUT2D eigenvalue weighted by atomic mass is 10.0. The zero-order valence-corrected chi connectivity index (χ0v) is 8.90. The molecule has 17 heavy (non-hydrogen) atoms. The molecular formula is C9H12N2O6. The van der Waals surface area contributed by atoms with Crippen molar-refractivity contribution in [2.75, 3.05) is 13.2 Å². The molecule has 0 aliphatic carbocycles. The van der Waals surface area contributed by atoms with Crippen molar-refractivity contribution in [2.45, 2.75) is 24.9 Å². The Hall–Kier alpha value is -1.83. The Labute approximate surface area is 96.3 Å². The van der Waals surface area contributed by atoms with Gasteiger partial charge in [-0.25, -0.2) is 14.4 Å². The Morgan fingerprint density at radius 3 is 2.65 bits per heavy atom. The maximum atomic E-state index is 11.8. The van der Waals surface area contributed by atoms with Crippen molar-refractivity contribution in [3.63, 3.8) is 0 Å². The Kier molecular flexibility index (Phi) is 2.88. The molecule has 2 saturated heterocycles. The first kappa shape index (κ1) is 11.6. The summed E-state index contributed by atoms with van der Waals surface area (Å²) in [4.78, 5) is 39.1. The second kappa shape index (κ2) is 4.21. The highest BCUT2D eigenvalue weighted by atomic mass is 16.7. The molecule has 2 fully saturated rings. The third-order valence-electron chi connectivity index (χ3n) is 2.94. The zero-order chi connectivity index (χ0) is 12.6. The average Bonchev–Trinajstić information content (AvgIpc) is 2.49. The molecule has 2 aliphatic rings. The number of nitrogens with zero attached hydrogens (tertiary/aromatic N) is 2.